The lowest BCUT2D eigenvalue weighted by molar-refractivity contribution is -0.143. The van der Waals surface area contributed by atoms with Crippen LogP contribution in [0.2, 0.25) is 0 Å². The molecular formula is C12H18N2O3. The second kappa shape index (κ2) is 6.85. The Labute approximate surface area is 101 Å². The number of rotatable bonds is 6. The van der Waals surface area contributed by atoms with Crippen molar-refractivity contribution in [2.24, 2.45) is 0 Å². The Hall–Kier alpha value is -1.62. The van der Waals surface area contributed by atoms with Gasteiger partial charge in [-0.1, -0.05) is 13.0 Å². The van der Waals surface area contributed by atoms with Gasteiger partial charge < -0.3 is 14.8 Å². The van der Waals surface area contributed by atoms with E-state index in [9.17, 15) is 4.79 Å². The second-order valence-corrected chi connectivity index (χ2v) is 3.57. The summed E-state index contributed by atoms with van der Waals surface area (Å²) < 4.78 is 9.66. The molecule has 94 valence electrons. The Morgan fingerprint density at radius 3 is 2.71 bits per heavy atom. The topological polar surface area (TPSA) is 60.5 Å². The van der Waals surface area contributed by atoms with Gasteiger partial charge in [-0.25, -0.2) is 4.98 Å². The van der Waals surface area contributed by atoms with Crippen molar-refractivity contribution in [3.8, 4) is 5.88 Å². The number of nitrogens with one attached hydrogen (secondary N) is 1. The summed E-state index contributed by atoms with van der Waals surface area (Å²) in [5.41, 5.74) is 0.994. The van der Waals surface area contributed by atoms with Crippen molar-refractivity contribution < 1.29 is 14.3 Å². The summed E-state index contributed by atoms with van der Waals surface area (Å²) in [5, 5.41) is 3.12. The predicted molar refractivity (Wildman–Crippen MR) is 63.7 cm³/mol. The fourth-order valence-electron chi connectivity index (χ4n) is 1.41. The van der Waals surface area contributed by atoms with Crippen LogP contribution in [0, 0.1) is 0 Å². The lowest BCUT2D eigenvalue weighted by atomic mass is 10.2. The number of nitrogens with zero attached hydrogens (tertiary/aromatic N) is 1. The highest BCUT2D eigenvalue weighted by Gasteiger charge is 2.15. The first kappa shape index (κ1) is 13.4. The molecule has 0 aromatic carbocycles. The number of carbonyl (C=O) groups excluding carboxylic acids is 1. The van der Waals surface area contributed by atoms with E-state index >= 15 is 0 Å². The Bertz CT molecular complexity index is 351. The molecule has 5 heteroatoms. The molecule has 1 unspecified atom stereocenters. The van der Waals surface area contributed by atoms with Gasteiger partial charge in [-0.05, 0) is 12.0 Å². The van der Waals surface area contributed by atoms with Crippen LogP contribution < -0.4 is 10.1 Å². The molecule has 0 bridgehead atoms. The van der Waals surface area contributed by atoms with Crippen molar-refractivity contribution in [2.75, 3.05) is 14.2 Å². The molecule has 0 aliphatic carbocycles. The normalized spacial score (nSPS) is 11.9. The minimum atomic E-state index is -0.276. The molecule has 17 heavy (non-hydrogen) atoms. The monoisotopic (exact) mass is 238 g/mol. The lowest BCUT2D eigenvalue weighted by Crippen LogP contribution is -2.36. The first-order valence-corrected chi connectivity index (χ1v) is 5.51. The van der Waals surface area contributed by atoms with Crippen LogP contribution in [0.25, 0.3) is 0 Å². The third-order valence-corrected chi connectivity index (χ3v) is 2.45. The number of methoxy groups -OCH3 is 2. The summed E-state index contributed by atoms with van der Waals surface area (Å²) in [7, 11) is 2.96. The number of aromatic nitrogens is 1. The van der Waals surface area contributed by atoms with E-state index in [-0.39, 0.29) is 12.0 Å². The maximum Gasteiger partial charge on any atom is 0.322 e. The molecule has 0 spiro atoms. The molecule has 1 aromatic heterocycles. The van der Waals surface area contributed by atoms with Gasteiger partial charge in [-0.2, -0.15) is 0 Å². The number of esters is 1. The van der Waals surface area contributed by atoms with Crippen LogP contribution >= 0.6 is 0 Å². The van der Waals surface area contributed by atoms with Crippen molar-refractivity contribution in [2.45, 2.75) is 25.9 Å². The predicted octanol–water partition coefficient (Wildman–Crippen LogP) is 1.13. The molecular weight excluding hydrogens is 220 g/mol. The van der Waals surface area contributed by atoms with Crippen LogP contribution in [0.3, 0.4) is 0 Å². The zero-order valence-electron chi connectivity index (χ0n) is 10.4. The quantitative estimate of drug-likeness (QED) is 0.753. The first-order valence-electron chi connectivity index (χ1n) is 5.51. The number of pyridine rings is 1. The van der Waals surface area contributed by atoms with E-state index in [2.05, 4.69) is 10.3 Å². The van der Waals surface area contributed by atoms with Crippen molar-refractivity contribution in [3.05, 3.63) is 23.9 Å². The highest BCUT2D eigenvalue weighted by atomic mass is 16.5. The van der Waals surface area contributed by atoms with Crippen molar-refractivity contribution in [1.82, 2.24) is 10.3 Å². The van der Waals surface area contributed by atoms with E-state index in [4.69, 9.17) is 9.47 Å². The third-order valence-electron chi connectivity index (χ3n) is 2.45. The molecule has 1 rings (SSSR count). The van der Waals surface area contributed by atoms with E-state index in [0.29, 0.717) is 18.8 Å². The molecule has 1 heterocycles. The summed E-state index contributed by atoms with van der Waals surface area (Å²) in [6, 6.07) is 3.42. The van der Waals surface area contributed by atoms with Crippen LogP contribution in [-0.2, 0) is 16.1 Å². The fourth-order valence-corrected chi connectivity index (χ4v) is 1.41. The number of carbonyl (C=O) groups is 1. The summed E-state index contributed by atoms with van der Waals surface area (Å²) >= 11 is 0. The lowest BCUT2D eigenvalue weighted by Gasteiger charge is -2.14. The number of hydrogen-bond acceptors (Lipinski definition) is 5. The zero-order chi connectivity index (χ0) is 12.7. The molecule has 0 saturated carbocycles. The molecule has 0 aliphatic rings. The highest BCUT2D eigenvalue weighted by Crippen LogP contribution is 2.07. The molecule has 1 aromatic rings. The van der Waals surface area contributed by atoms with Crippen molar-refractivity contribution in [3.63, 3.8) is 0 Å². The van der Waals surface area contributed by atoms with Gasteiger partial charge in [0.25, 0.3) is 0 Å². The molecule has 0 amide bonds. The Balaban J connectivity index is 2.50. The Morgan fingerprint density at radius 2 is 2.24 bits per heavy atom. The SMILES string of the molecule is CCC(NCc1ccc(OC)nc1)C(=O)OC. The molecule has 1 atom stereocenters. The van der Waals surface area contributed by atoms with Crippen LogP contribution in [0.4, 0.5) is 0 Å². The maximum atomic E-state index is 11.3. The van der Waals surface area contributed by atoms with Crippen LogP contribution in [-0.4, -0.2) is 31.2 Å². The Kier molecular flexibility index (Phi) is 5.42. The maximum absolute atomic E-state index is 11.3. The molecule has 0 saturated heterocycles. The summed E-state index contributed by atoms with van der Waals surface area (Å²) in [5.74, 6) is 0.336. The van der Waals surface area contributed by atoms with Crippen LogP contribution in [0.5, 0.6) is 5.88 Å². The van der Waals surface area contributed by atoms with Gasteiger partial charge >= 0.3 is 5.97 Å². The minimum Gasteiger partial charge on any atom is -0.481 e. The Morgan fingerprint density at radius 1 is 1.47 bits per heavy atom. The van der Waals surface area contributed by atoms with E-state index in [1.54, 1.807) is 19.4 Å². The molecule has 5 nitrogen and oxygen atoms in total. The highest BCUT2D eigenvalue weighted by molar-refractivity contribution is 5.75. The average molecular weight is 238 g/mol. The summed E-state index contributed by atoms with van der Waals surface area (Å²) in [4.78, 5) is 15.4. The smallest absolute Gasteiger partial charge is 0.322 e. The molecule has 0 aliphatic heterocycles. The third kappa shape index (κ3) is 4.03. The van der Waals surface area contributed by atoms with E-state index in [0.717, 1.165) is 5.56 Å². The molecule has 0 radical (unpaired) electrons. The van der Waals surface area contributed by atoms with Gasteiger partial charge in [-0.15, -0.1) is 0 Å². The average Bonchev–Trinajstić information content (AvgIpc) is 2.39. The second-order valence-electron chi connectivity index (χ2n) is 3.57. The van der Waals surface area contributed by atoms with Crippen molar-refractivity contribution >= 4 is 5.97 Å². The molecule has 1 N–H and O–H groups in total. The number of ether oxygens (including phenoxy) is 2. The van der Waals surface area contributed by atoms with Gasteiger partial charge in [-0.3, -0.25) is 4.79 Å². The largest absolute Gasteiger partial charge is 0.481 e. The van der Waals surface area contributed by atoms with E-state index < -0.39 is 0 Å². The summed E-state index contributed by atoms with van der Waals surface area (Å²) in [6.07, 6.45) is 2.41. The van der Waals surface area contributed by atoms with E-state index in [1.807, 2.05) is 13.0 Å². The molecule has 0 fully saturated rings. The standard InChI is InChI=1S/C12H18N2O3/c1-4-10(12(15)17-3)13-7-9-5-6-11(16-2)14-8-9/h5-6,8,10,13H,4,7H2,1-3H3. The van der Waals surface area contributed by atoms with Gasteiger partial charge in [0.1, 0.15) is 6.04 Å². The fraction of sp³-hybridized carbons (Fsp3) is 0.500. The van der Waals surface area contributed by atoms with Crippen LogP contribution in [0.15, 0.2) is 18.3 Å². The van der Waals surface area contributed by atoms with Crippen LogP contribution in [0.1, 0.15) is 18.9 Å². The van der Waals surface area contributed by atoms with Gasteiger partial charge in [0.05, 0.1) is 14.2 Å². The zero-order valence-corrected chi connectivity index (χ0v) is 10.4. The van der Waals surface area contributed by atoms with E-state index in [1.165, 1.54) is 7.11 Å². The minimum absolute atomic E-state index is 0.242. The van der Waals surface area contributed by atoms with Gasteiger partial charge in [0, 0.05) is 18.8 Å². The number of hydrogen-bond donors (Lipinski definition) is 1. The first-order chi connectivity index (χ1) is 8.21. The summed E-state index contributed by atoms with van der Waals surface area (Å²) in [6.45, 7) is 2.51. The van der Waals surface area contributed by atoms with Gasteiger partial charge in [0.15, 0.2) is 0 Å². The van der Waals surface area contributed by atoms with Crippen molar-refractivity contribution in [1.29, 1.82) is 0 Å². The van der Waals surface area contributed by atoms with Gasteiger partial charge in [0.2, 0.25) is 5.88 Å².